The Bertz CT molecular complexity index is 886. The molecule has 1 aromatic carbocycles. The minimum atomic E-state index is -0.670. The topological polar surface area (TPSA) is 77.4 Å². The van der Waals surface area contributed by atoms with Gasteiger partial charge in [-0.3, -0.25) is 9.59 Å². The predicted molar refractivity (Wildman–Crippen MR) is 95.9 cm³/mol. The van der Waals surface area contributed by atoms with Gasteiger partial charge in [0.2, 0.25) is 11.7 Å². The first kappa shape index (κ1) is 18.8. The molecule has 1 saturated heterocycles. The van der Waals surface area contributed by atoms with Crippen molar-refractivity contribution in [1.82, 2.24) is 9.88 Å². The van der Waals surface area contributed by atoms with Crippen molar-refractivity contribution in [2.24, 2.45) is 0 Å². The van der Waals surface area contributed by atoms with Crippen molar-refractivity contribution >= 4 is 17.7 Å². The van der Waals surface area contributed by atoms with Crippen molar-refractivity contribution in [3.63, 3.8) is 0 Å². The van der Waals surface area contributed by atoms with Gasteiger partial charge in [-0.2, -0.15) is 0 Å². The maximum Gasteiger partial charge on any atom is 0.329 e. The van der Waals surface area contributed by atoms with Crippen molar-refractivity contribution in [1.29, 1.82) is 0 Å². The number of halogens is 1. The Hall–Kier alpha value is -2.96. The summed E-state index contributed by atoms with van der Waals surface area (Å²) >= 11 is 0. The number of hydrogen-bond acceptors (Lipinski definition) is 4. The molecule has 1 fully saturated rings. The number of carbonyl (C=O) groups excluding carboxylic acids is 3. The fourth-order valence-corrected chi connectivity index (χ4v) is 3.21. The maximum atomic E-state index is 13.1. The lowest BCUT2D eigenvalue weighted by Gasteiger charge is -2.11. The Kier molecular flexibility index (Phi) is 5.39. The molecule has 0 unspecified atom stereocenters. The van der Waals surface area contributed by atoms with E-state index in [-0.39, 0.29) is 30.5 Å². The first-order valence-electron chi connectivity index (χ1n) is 8.75. The zero-order chi connectivity index (χ0) is 19.6. The van der Waals surface area contributed by atoms with Gasteiger partial charge < -0.3 is 14.6 Å². The van der Waals surface area contributed by atoms with E-state index in [4.69, 9.17) is 4.74 Å². The van der Waals surface area contributed by atoms with Crippen LogP contribution >= 0.6 is 0 Å². The molecule has 27 heavy (non-hydrogen) atoms. The smallest absolute Gasteiger partial charge is 0.329 e. The Morgan fingerprint density at radius 1 is 1.26 bits per heavy atom. The van der Waals surface area contributed by atoms with Crippen LogP contribution in [0.15, 0.2) is 30.3 Å². The average Bonchev–Trinajstić information content (AvgIpc) is 3.19. The molecule has 2 aromatic rings. The van der Waals surface area contributed by atoms with Crippen LogP contribution in [0.25, 0.3) is 0 Å². The fraction of sp³-hybridized carbons (Fsp3) is 0.350. The number of ether oxygens (including phenoxy) is 1. The quantitative estimate of drug-likeness (QED) is 0.623. The van der Waals surface area contributed by atoms with Crippen LogP contribution in [0, 0.1) is 19.7 Å². The van der Waals surface area contributed by atoms with Crippen LogP contribution in [-0.2, 0) is 20.9 Å². The first-order valence-corrected chi connectivity index (χ1v) is 8.75. The van der Waals surface area contributed by atoms with Gasteiger partial charge in [-0.25, -0.2) is 9.18 Å². The highest BCUT2D eigenvalue weighted by molar-refractivity contribution is 5.99. The molecule has 0 aliphatic carbocycles. The number of nitrogens with one attached hydrogen (secondary N) is 1. The van der Waals surface area contributed by atoms with E-state index in [1.807, 2.05) is 18.4 Å². The van der Waals surface area contributed by atoms with Crippen LogP contribution in [-0.4, -0.2) is 34.9 Å². The van der Waals surface area contributed by atoms with Crippen LogP contribution in [0.1, 0.15) is 40.2 Å². The van der Waals surface area contributed by atoms with Crippen molar-refractivity contribution in [3.8, 4) is 0 Å². The molecule has 0 bridgehead atoms. The summed E-state index contributed by atoms with van der Waals surface area (Å²) in [6, 6.07) is 7.29. The van der Waals surface area contributed by atoms with E-state index in [2.05, 4.69) is 5.32 Å². The van der Waals surface area contributed by atoms with Gasteiger partial charge >= 0.3 is 5.97 Å². The standard InChI is InChI=1S/C20H21FN2O4/c1-12-9-16(13(2)23(12)10-14-3-5-15(21)6-4-14)18(24)11-27-20(26)17-7-8-19(25)22-17/h3-6,9,17H,7-8,10-11H2,1-2H3,(H,22,25)/t17-/m1/s1. The van der Waals surface area contributed by atoms with E-state index in [1.165, 1.54) is 12.1 Å². The minimum absolute atomic E-state index is 0.187. The van der Waals surface area contributed by atoms with E-state index in [0.717, 1.165) is 17.0 Å². The fourth-order valence-electron chi connectivity index (χ4n) is 3.21. The number of amides is 1. The highest BCUT2D eigenvalue weighted by atomic mass is 19.1. The number of carbonyl (C=O) groups is 3. The molecule has 0 radical (unpaired) electrons. The summed E-state index contributed by atoms with van der Waals surface area (Å²) in [5.41, 5.74) is 3.04. The summed E-state index contributed by atoms with van der Waals surface area (Å²) in [5, 5.41) is 2.52. The molecule has 142 valence electrons. The molecule has 2 heterocycles. The Balaban J connectivity index is 1.66. The van der Waals surface area contributed by atoms with Gasteiger partial charge in [-0.15, -0.1) is 0 Å². The van der Waals surface area contributed by atoms with E-state index in [0.29, 0.717) is 18.5 Å². The normalized spacial score (nSPS) is 16.3. The highest BCUT2D eigenvalue weighted by Crippen LogP contribution is 2.18. The van der Waals surface area contributed by atoms with Gasteiger partial charge in [0, 0.05) is 29.9 Å². The van der Waals surface area contributed by atoms with Crippen molar-refractivity contribution in [3.05, 3.63) is 58.7 Å². The summed E-state index contributed by atoms with van der Waals surface area (Å²) in [5.74, 6) is -1.37. The molecule has 0 saturated carbocycles. The van der Waals surface area contributed by atoms with Crippen LogP contribution in [0.5, 0.6) is 0 Å². The average molecular weight is 372 g/mol. The molecule has 1 aliphatic rings. The zero-order valence-electron chi connectivity index (χ0n) is 15.3. The van der Waals surface area contributed by atoms with E-state index < -0.39 is 12.0 Å². The Labute approximate surface area is 156 Å². The van der Waals surface area contributed by atoms with Gasteiger partial charge in [0.25, 0.3) is 0 Å². The van der Waals surface area contributed by atoms with E-state index in [1.54, 1.807) is 18.2 Å². The van der Waals surface area contributed by atoms with Crippen LogP contribution in [0.4, 0.5) is 4.39 Å². The molecule has 1 atom stereocenters. The lowest BCUT2D eigenvalue weighted by molar-refractivity contribution is -0.145. The molecule has 6 nitrogen and oxygen atoms in total. The summed E-state index contributed by atoms with van der Waals surface area (Å²) < 4.78 is 20.1. The SMILES string of the molecule is Cc1cc(C(=O)COC(=O)[C@H]2CCC(=O)N2)c(C)n1Cc1ccc(F)cc1. The number of rotatable bonds is 6. The van der Waals surface area contributed by atoms with Crippen LogP contribution < -0.4 is 5.32 Å². The largest absolute Gasteiger partial charge is 0.456 e. The van der Waals surface area contributed by atoms with E-state index in [9.17, 15) is 18.8 Å². The molecule has 1 aromatic heterocycles. The molecular weight excluding hydrogens is 351 g/mol. The summed E-state index contributed by atoms with van der Waals surface area (Å²) in [7, 11) is 0. The van der Waals surface area contributed by atoms with Gasteiger partial charge in [-0.1, -0.05) is 12.1 Å². The number of nitrogens with zero attached hydrogens (tertiary/aromatic N) is 1. The maximum absolute atomic E-state index is 13.1. The number of aryl methyl sites for hydroxylation is 1. The Morgan fingerprint density at radius 3 is 2.59 bits per heavy atom. The first-order chi connectivity index (χ1) is 12.8. The van der Waals surface area contributed by atoms with E-state index >= 15 is 0 Å². The van der Waals surface area contributed by atoms with Crippen molar-refractivity contribution < 1.29 is 23.5 Å². The second-order valence-corrected chi connectivity index (χ2v) is 6.69. The van der Waals surface area contributed by atoms with Crippen molar-refractivity contribution in [2.45, 2.75) is 39.3 Å². The molecule has 1 aliphatic heterocycles. The molecule has 1 N–H and O–H groups in total. The number of aromatic nitrogens is 1. The lowest BCUT2D eigenvalue weighted by Crippen LogP contribution is -2.35. The second-order valence-electron chi connectivity index (χ2n) is 6.69. The number of esters is 1. The third-order valence-corrected chi connectivity index (χ3v) is 4.75. The van der Waals surface area contributed by atoms with Gasteiger partial charge in [0.15, 0.2) is 6.61 Å². The zero-order valence-corrected chi connectivity index (χ0v) is 15.3. The lowest BCUT2D eigenvalue weighted by atomic mass is 10.1. The number of Topliss-reactive ketones (excluding diaryl/α,β-unsaturated/α-hetero) is 1. The van der Waals surface area contributed by atoms with Gasteiger partial charge in [0.05, 0.1) is 0 Å². The minimum Gasteiger partial charge on any atom is -0.456 e. The van der Waals surface area contributed by atoms with Crippen molar-refractivity contribution in [2.75, 3.05) is 6.61 Å². The molecule has 0 spiro atoms. The van der Waals surface area contributed by atoms with Crippen LogP contribution in [0.3, 0.4) is 0 Å². The molecule has 1 amide bonds. The second kappa shape index (κ2) is 7.73. The number of hydrogen-bond donors (Lipinski definition) is 1. The number of benzene rings is 1. The Morgan fingerprint density at radius 2 is 1.96 bits per heavy atom. The summed E-state index contributed by atoms with van der Waals surface area (Å²) in [6.45, 7) is 3.85. The summed E-state index contributed by atoms with van der Waals surface area (Å²) in [4.78, 5) is 35.6. The monoisotopic (exact) mass is 372 g/mol. The van der Waals surface area contributed by atoms with Gasteiger partial charge in [-0.05, 0) is 44.0 Å². The van der Waals surface area contributed by atoms with Gasteiger partial charge in [0.1, 0.15) is 11.9 Å². The third kappa shape index (κ3) is 4.24. The number of ketones is 1. The predicted octanol–water partition coefficient (Wildman–Crippen LogP) is 2.30. The molecule has 7 heteroatoms. The molecule has 3 rings (SSSR count). The van der Waals surface area contributed by atoms with Crippen LogP contribution in [0.2, 0.25) is 0 Å². The summed E-state index contributed by atoms with van der Waals surface area (Å²) in [6.07, 6.45) is 0.677. The highest BCUT2D eigenvalue weighted by Gasteiger charge is 2.29. The molecular formula is C20H21FN2O4. The third-order valence-electron chi connectivity index (χ3n) is 4.75.